The molecule has 1 aliphatic heterocycles. The van der Waals surface area contributed by atoms with E-state index >= 15 is 0 Å². The van der Waals surface area contributed by atoms with Gasteiger partial charge in [0.15, 0.2) is 5.76 Å². The van der Waals surface area contributed by atoms with Gasteiger partial charge in [-0.25, -0.2) is 4.98 Å². The highest BCUT2D eigenvalue weighted by atomic mass is 16.3. The molecule has 0 bridgehead atoms. The molecule has 3 heterocycles. The Bertz CT molecular complexity index is 1010. The number of aryl methyl sites for hydroxylation is 2. The van der Waals surface area contributed by atoms with Crippen molar-refractivity contribution in [2.24, 2.45) is 16.3 Å². The zero-order valence-corrected chi connectivity index (χ0v) is 18.1. The molecule has 8 heteroatoms. The lowest BCUT2D eigenvalue weighted by molar-refractivity contribution is -0.133. The fourth-order valence-corrected chi connectivity index (χ4v) is 4.56. The van der Waals surface area contributed by atoms with Crippen molar-refractivity contribution < 1.29 is 14.0 Å². The lowest BCUT2D eigenvalue weighted by Gasteiger charge is -2.33. The summed E-state index contributed by atoms with van der Waals surface area (Å²) in [6.45, 7) is 9.67. The Morgan fingerprint density at radius 1 is 1.39 bits per heavy atom. The highest BCUT2D eigenvalue weighted by Gasteiger charge is 2.54. The van der Waals surface area contributed by atoms with Gasteiger partial charge in [0.25, 0.3) is 5.91 Å². The summed E-state index contributed by atoms with van der Waals surface area (Å²) in [4.78, 5) is 34.9. The largest absolute Gasteiger partial charge is 0.456 e. The number of furan rings is 1. The molecule has 1 saturated heterocycles. The van der Waals surface area contributed by atoms with Gasteiger partial charge in [-0.3, -0.25) is 14.6 Å². The van der Waals surface area contributed by atoms with Crippen LogP contribution in [0.4, 0.5) is 0 Å². The smallest absolute Gasteiger partial charge is 0.287 e. The minimum atomic E-state index is -0.195. The van der Waals surface area contributed by atoms with Crippen molar-refractivity contribution in [3.05, 3.63) is 47.6 Å². The van der Waals surface area contributed by atoms with E-state index < -0.39 is 0 Å². The van der Waals surface area contributed by atoms with Crippen LogP contribution in [-0.4, -0.2) is 52.6 Å². The number of nitrogens with one attached hydrogen (secondary N) is 1. The van der Waals surface area contributed by atoms with Crippen molar-refractivity contribution in [2.45, 2.75) is 39.7 Å². The van der Waals surface area contributed by atoms with E-state index in [9.17, 15) is 9.59 Å². The van der Waals surface area contributed by atoms with E-state index in [1.807, 2.05) is 29.5 Å². The molecule has 1 unspecified atom stereocenters. The zero-order valence-electron chi connectivity index (χ0n) is 18.1. The first kappa shape index (κ1) is 21.1. The summed E-state index contributed by atoms with van der Waals surface area (Å²) in [5.74, 6) is 2.25. The molecule has 2 amide bonds. The van der Waals surface area contributed by atoms with Crippen LogP contribution in [0.3, 0.4) is 0 Å². The Kier molecular flexibility index (Phi) is 5.80. The van der Waals surface area contributed by atoms with Crippen molar-refractivity contribution in [1.82, 2.24) is 19.8 Å². The molecule has 1 aliphatic carbocycles. The summed E-state index contributed by atoms with van der Waals surface area (Å²) in [7, 11) is 0. The standard InChI is InChI=1S/C23H29N5O3/c1-16-18(4-7-24-3)12-20(31-16)22(30)26-14-19-13-23(19)5-9-27(10-6-23)21(29)15-28-11-8-25-17(28)2/h4,7-8,11-12,19H,3,5-6,9-10,13-15H2,1-2H3,(H,26,30)/b7-4-. The number of hydrogen-bond donors (Lipinski definition) is 1. The minimum Gasteiger partial charge on any atom is -0.456 e. The number of piperidine rings is 1. The van der Waals surface area contributed by atoms with Gasteiger partial charge in [0.2, 0.25) is 5.91 Å². The van der Waals surface area contributed by atoms with Crippen molar-refractivity contribution in [3.63, 3.8) is 0 Å². The molecule has 1 saturated carbocycles. The Morgan fingerprint density at radius 3 is 2.84 bits per heavy atom. The molecule has 0 aromatic carbocycles. The van der Waals surface area contributed by atoms with E-state index in [1.54, 1.807) is 24.5 Å². The Hall–Kier alpha value is -3.16. The number of amides is 2. The third-order valence-electron chi connectivity index (χ3n) is 6.75. The van der Waals surface area contributed by atoms with Crippen LogP contribution < -0.4 is 5.32 Å². The molecule has 2 aliphatic rings. The predicted octanol–water partition coefficient (Wildman–Crippen LogP) is 2.82. The average molecular weight is 424 g/mol. The van der Waals surface area contributed by atoms with Crippen molar-refractivity contribution in [1.29, 1.82) is 0 Å². The van der Waals surface area contributed by atoms with Crippen LogP contribution in [-0.2, 0) is 11.3 Å². The van der Waals surface area contributed by atoms with Gasteiger partial charge >= 0.3 is 0 Å². The second kappa shape index (κ2) is 8.53. The lowest BCUT2D eigenvalue weighted by Crippen LogP contribution is -2.41. The molecular formula is C23H29N5O3. The van der Waals surface area contributed by atoms with Crippen molar-refractivity contribution >= 4 is 24.6 Å². The summed E-state index contributed by atoms with van der Waals surface area (Å²) >= 11 is 0. The predicted molar refractivity (Wildman–Crippen MR) is 118 cm³/mol. The van der Waals surface area contributed by atoms with Gasteiger partial charge in [0.1, 0.15) is 18.1 Å². The van der Waals surface area contributed by atoms with Gasteiger partial charge < -0.3 is 19.2 Å². The number of aromatic nitrogens is 2. The number of imidazole rings is 1. The molecule has 8 nitrogen and oxygen atoms in total. The second-order valence-corrected chi connectivity index (χ2v) is 8.58. The van der Waals surface area contributed by atoms with Crippen molar-refractivity contribution in [2.75, 3.05) is 19.6 Å². The molecule has 0 radical (unpaired) electrons. The maximum absolute atomic E-state index is 12.6. The van der Waals surface area contributed by atoms with Gasteiger partial charge in [-0.15, -0.1) is 0 Å². The molecule has 2 aromatic heterocycles. The number of carbonyl (C=O) groups is 2. The number of carbonyl (C=O) groups excluding carboxylic acids is 2. The molecule has 31 heavy (non-hydrogen) atoms. The van der Waals surface area contributed by atoms with Crippen LogP contribution >= 0.6 is 0 Å². The van der Waals surface area contributed by atoms with Crippen LogP contribution in [0, 0.1) is 25.2 Å². The molecule has 2 aromatic rings. The van der Waals surface area contributed by atoms with Crippen LogP contribution in [0.2, 0.25) is 0 Å². The zero-order chi connectivity index (χ0) is 22.0. The average Bonchev–Trinajstić information content (AvgIpc) is 3.04. The number of aliphatic imine (C=N–C) groups is 1. The first-order valence-corrected chi connectivity index (χ1v) is 10.7. The fraction of sp³-hybridized carbons (Fsp3) is 0.478. The third kappa shape index (κ3) is 4.47. The highest BCUT2D eigenvalue weighted by molar-refractivity contribution is 5.92. The second-order valence-electron chi connectivity index (χ2n) is 8.58. The number of likely N-dealkylation sites (tertiary alicyclic amines) is 1. The minimum absolute atomic E-state index is 0.145. The molecule has 1 N–H and O–H groups in total. The van der Waals surface area contributed by atoms with E-state index in [0.29, 0.717) is 30.5 Å². The van der Waals surface area contributed by atoms with E-state index in [1.165, 1.54) is 0 Å². The van der Waals surface area contributed by atoms with E-state index in [0.717, 1.165) is 43.7 Å². The van der Waals surface area contributed by atoms with Crippen LogP contribution in [0.25, 0.3) is 6.08 Å². The maximum Gasteiger partial charge on any atom is 0.287 e. The van der Waals surface area contributed by atoms with Gasteiger partial charge in [0.05, 0.1) is 0 Å². The van der Waals surface area contributed by atoms with Gasteiger partial charge in [0, 0.05) is 43.8 Å². The van der Waals surface area contributed by atoms with Crippen LogP contribution in [0.15, 0.2) is 34.1 Å². The summed E-state index contributed by atoms with van der Waals surface area (Å²) in [5.41, 5.74) is 1.08. The number of hydrogen-bond acceptors (Lipinski definition) is 5. The Morgan fingerprint density at radius 2 is 2.16 bits per heavy atom. The van der Waals surface area contributed by atoms with E-state index in [-0.39, 0.29) is 17.2 Å². The first-order chi connectivity index (χ1) is 14.9. The monoisotopic (exact) mass is 423 g/mol. The number of rotatable bonds is 7. The van der Waals surface area contributed by atoms with Crippen molar-refractivity contribution in [3.8, 4) is 0 Å². The Balaban J connectivity index is 1.24. The quantitative estimate of drug-likeness (QED) is 0.693. The molecule has 164 valence electrons. The van der Waals surface area contributed by atoms with Gasteiger partial charge in [-0.2, -0.15) is 0 Å². The Labute approximate surface area is 182 Å². The highest BCUT2D eigenvalue weighted by Crippen LogP contribution is 2.59. The fourth-order valence-electron chi connectivity index (χ4n) is 4.56. The third-order valence-corrected chi connectivity index (χ3v) is 6.75. The van der Waals surface area contributed by atoms with E-state index in [4.69, 9.17) is 4.42 Å². The summed E-state index contributed by atoms with van der Waals surface area (Å²) in [6.07, 6.45) is 9.98. The first-order valence-electron chi connectivity index (χ1n) is 10.7. The summed E-state index contributed by atoms with van der Waals surface area (Å²) in [6, 6.07) is 1.72. The van der Waals surface area contributed by atoms with Gasteiger partial charge in [-0.1, -0.05) is 0 Å². The van der Waals surface area contributed by atoms with E-state index in [2.05, 4.69) is 22.0 Å². The van der Waals surface area contributed by atoms with Crippen LogP contribution in [0.1, 0.15) is 47.0 Å². The number of nitrogens with zero attached hydrogens (tertiary/aromatic N) is 4. The topological polar surface area (TPSA) is 92.7 Å². The maximum atomic E-state index is 12.6. The van der Waals surface area contributed by atoms with Crippen LogP contribution in [0.5, 0.6) is 0 Å². The molecule has 2 fully saturated rings. The normalized spacial score (nSPS) is 19.7. The van der Waals surface area contributed by atoms with Gasteiger partial charge in [-0.05, 0) is 63.3 Å². The molecule has 1 spiro atoms. The molecular weight excluding hydrogens is 394 g/mol. The SMILES string of the molecule is C=N/C=C\c1cc(C(=O)NCC2CC23CCN(C(=O)Cn2ccnc2C)CC3)oc1C. The lowest BCUT2D eigenvalue weighted by atomic mass is 9.90. The summed E-state index contributed by atoms with van der Waals surface area (Å²) in [5, 5.41) is 3.02. The molecule has 1 atom stereocenters. The summed E-state index contributed by atoms with van der Waals surface area (Å²) < 4.78 is 7.46. The molecule has 4 rings (SSSR count).